The quantitative estimate of drug-likeness (QED) is 0.700. The lowest BCUT2D eigenvalue weighted by molar-refractivity contribution is -0.117. The summed E-state index contributed by atoms with van der Waals surface area (Å²) in [5.74, 6) is 0.146. The van der Waals surface area contributed by atoms with Gasteiger partial charge in [-0.1, -0.05) is 36.0 Å². The number of fused-ring (bicyclic) bond motifs is 1. The van der Waals surface area contributed by atoms with Crippen LogP contribution in [-0.2, 0) is 27.6 Å². The highest BCUT2D eigenvalue weighted by Gasteiger charge is 2.48. The lowest BCUT2D eigenvalue weighted by Crippen LogP contribution is -2.37. The maximum atomic E-state index is 13.1. The Kier molecular flexibility index (Phi) is 5.84. The minimum absolute atomic E-state index is 0.0554. The van der Waals surface area contributed by atoms with Gasteiger partial charge >= 0.3 is 0 Å². The van der Waals surface area contributed by atoms with Crippen LogP contribution in [0.15, 0.2) is 53.5 Å². The van der Waals surface area contributed by atoms with Crippen LogP contribution in [0.3, 0.4) is 0 Å². The number of methoxy groups -OCH3 is 1. The van der Waals surface area contributed by atoms with Crippen LogP contribution < -0.4 is 4.74 Å². The number of benzene rings is 2. The lowest BCUT2D eigenvalue weighted by Gasteiger charge is -2.24. The molecule has 158 valence electrons. The van der Waals surface area contributed by atoms with Gasteiger partial charge in [-0.25, -0.2) is 12.8 Å². The van der Waals surface area contributed by atoms with Crippen LogP contribution in [0.25, 0.3) is 0 Å². The molecule has 30 heavy (non-hydrogen) atoms. The summed E-state index contributed by atoms with van der Waals surface area (Å²) in [6.45, 7) is 0.434. The second kappa shape index (κ2) is 8.39. The first kappa shape index (κ1) is 20.9. The third kappa shape index (κ3) is 4.67. The van der Waals surface area contributed by atoms with Crippen LogP contribution in [0, 0.1) is 5.82 Å². The molecule has 9 heteroatoms. The zero-order valence-electron chi connectivity index (χ0n) is 16.3. The molecule has 2 fully saturated rings. The molecule has 0 unspecified atom stereocenters. The number of amidine groups is 1. The summed E-state index contributed by atoms with van der Waals surface area (Å²) in [6.07, 6.45) is 0.0605. The molecule has 2 heterocycles. The van der Waals surface area contributed by atoms with Crippen molar-refractivity contribution in [2.45, 2.75) is 24.3 Å². The number of thioether (sulfide) groups is 1. The summed E-state index contributed by atoms with van der Waals surface area (Å²) in [6, 6.07) is 13.1. The van der Waals surface area contributed by atoms with E-state index in [0.29, 0.717) is 23.0 Å². The van der Waals surface area contributed by atoms with E-state index in [-0.39, 0.29) is 40.9 Å². The predicted molar refractivity (Wildman–Crippen MR) is 115 cm³/mol. The molecule has 0 N–H and O–H groups in total. The largest absolute Gasteiger partial charge is 0.497 e. The second-order valence-corrected chi connectivity index (χ2v) is 10.7. The Balaban J connectivity index is 1.57. The van der Waals surface area contributed by atoms with Gasteiger partial charge in [-0.05, 0) is 35.4 Å². The van der Waals surface area contributed by atoms with Gasteiger partial charge in [0.2, 0.25) is 0 Å². The molecule has 0 spiro atoms. The van der Waals surface area contributed by atoms with Gasteiger partial charge in [0.05, 0.1) is 31.1 Å². The first-order valence-electron chi connectivity index (χ1n) is 9.45. The number of halogens is 1. The molecular weight excluding hydrogens is 427 g/mol. The Morgan fingerprint density at radius 1 is 1.20 bits per heavy atom. The fraction of sp³-hybridized carbons (Fsp3) is 0.333. The number of ether oxygens (including phenoxy) is 1. The molecule has 0 aliphatic carbocycles. The fourth-order valence-electron chi connectivity index (χ4n) is 3.71. The first-order valence-corrected chi connectivity index (χ1v) is 12.2. The molecule has 2 aliphatic rings. The molecule has 0 radical (unpaired) electrons. The highest BCUT2D eigenvalue weighted by Crippen LogP contribution is 2.39. The van der Waals surface area contributed by atoms with Gasteiger partial charge in [0.15, 0.2) is 15.0 Å². The number of carbonyl (C=O) groups excluding carboxylic acids is 1. The van der Waals surface area contributed by atoms with Crippen molar-refractivity contribution in [3.05, 3.63) is 65.5 Å². The van der Waals surface area contributed by atoms with E-state index < -0.39 is 9.84 Å². The highest BCUT2D eigenvalue weighted by atomic mass is 32.2. The number of rotatable bonds is 5. The first-order chi connectivity index (χ1) is 14.3. The minimum atomic E-state index is -3.11. The van der Waals surface area contributed by atoms with E-state index in [1.54, 1.807) is 19.2 Å². The zero-order valence-corrected chi connectivity index (χ0v) is 18.0. The maximum Gasteiger partial charge on any atom is 0.252 e. The van der Waals surface area contributed by atoms with Gasteiger partial charge in [0, 0.05) is 11.8 Å². The third-order valence-corrected chi connectivity index (χ3v) is 8.40. The van der Waals surface area contributed by atoms with Crippen LogP contribution >= 0.6 is 11.8 Å². The molecular formula is C21H21FN2O4S2. The summed E-state index contributed by atoms with van der Waals surface area (Å²) >= 11 is 1.35. The molecule has 2 aromatic rings. The van der Waals surface area contributed by atoms with E-state index >= 15 is 0 Å². The van der Waals surface area contributed by atoms with Crippen molar-refractivity contribution in [1.82, 2.24) is 4.90 Å². The Bertz CT molecular complexity index is 1090. The van der Waals surface area contributed by atoms with Crippen molar-refractivity contribution in [1.29, 1.82) is 0 Å². The summed E-state index contributed by atoms with van der Waals surface area (Å²) in [7, 11) is -1.52. The van der Waals surface area contributed by atoms with Gasteiger partial charge in [-0.3, -0.25) is 4.79 Å². The van der Waals surface area contributed by atoms with E-state index in [1.807, 2.05) is 29.2 Å². The van der Waals surface area contributed by atoms with Crippen LogP contribution in [0.1, 0.15) is 11.1 Å². The number of amides is 1. The molecule has 0 saturated carbocycles. The smallest absolute Gasteiger partial charge is 0.252 e. The van der Waals surface area contributed by atoms with Gasteiger partial charge in [-0.15, -0.1) is 0 Å². The Labute approximate surface area is 179 Å². The zero-order chi connectivity index (χ0) is 21.3. The molecule has 6 nitrogen and oxygen atoms in total. The van der Waals surface area contributed by atoms with Gasteiger partial charge in [0.25, 0.3) is 5.91 Å². The lowest BCUT2D eigenvalue weighted by atomic mass is 10.1. The van der Waals surface area contributed by atoms with E-state index in [0.717, 1.165) is 5.56 Å². The van der Waals surface area contributed by atoms with Crippen LogP contribution in [-0.4, -0.2) is 54.3 Å². The molecule has 0 bridgehead atoms. The third-order valence-electron chi connectivity index (χ3n) is 5.15. The monoisotopic (exact) mass is 448 g/mol. The Hall–Kier alpha value is -2.39. The average molecular weight is 449 g/mol. The minimum Gasteiger partial charge on any atom is -0.497 e. The number of nitrogens with zero attached hydrogens (tertiary/aromatic N) is 2. The SMILES string of the molecule is COc1cccc(CN2C(=NC(=O)Cc3ccc(F)cc3)S[C@@H]3CS(=O)(=O)C[C@@H]32)c1. The molecule has 2 aliphatic heterocycles. The number of hydrogen-bond acceptors (Lipinski definition) is 5. The van der Waals surface area contributed by atoms with E-state index in [1.165, 1.54) is 23.9 Å². The summed E-state index contributed by atoms with van der Waals surface area (Å²) in [5.41, 5.74) is 1.62. The summed E-state index contributed by atoms with van der Waals surface area (Å²) < 4.78 is 42.6. The van der Waals surface area contributed by atoms with Gasteiger partial charge in [-0.2, -0.15) is 4.99 Å². The second-order valence-electron chi connectivity index (χ2n) is 7.37. The van der Waals surface area contributed by atoms with Crippen LogP contribution in [0.5, 0.6) is 5.75 Å². The summed E-state index contributed by atoms with van der Waals surface area (Å²) in [5, 5.41) is 0.396. The topological polar surface area (TPSA) is 76.0 Å². The molecule has 2 saturated heterocycles. The molecule has 2 atom stereocenters. The number of carbonyl (C=O) groups is 1. The number of aliphatic imine (C=N–C) groups is 1. The number of sulfone groups is 1. The predicted octanol–water partition coefficient (Wildman–Crippen LogP) is 2.67. The van der Waals surface area contributed by atoms with Crippen molar-refractivity contribution in [3.63, 3.8) is 0 Å². The van der Waals surface area contributed by atoms with Crippen LogP contribution in [0.4, 0.5) is 4.39 Å². The van der Waals surface area contributed by atoms with Crippen molar-refractivity contribution in [2.75, 3.05) is 18.6 Å². The van der Waals surface area contributed by atoms with Gasteiger partial charge in [0.1, 0.15) is 11.6 Å². The van der Waals surface area contributed by atoms with Crippen molar-refractivity contribution in [3.8, 4) is 5.75 Å². The van der Waals surface area contributed by atoms with E-state index in [2.05, 4.69) is 4.99 Å². The molecule has 4 rings (SSSR count). The number of hydrogen-bond donors (Lipinski definition) is 0. The molecule has 1 amide bonds. The fourth-order valence-corrected chi connectivity index (χ4v) is 7.68. The van der Waals surface area contributed by atoms with Gasteiger partial charge < -0.3 is 9.64 Å². The summed E-state index contributed by atoms with van der Waals surface area (Å²) in [4.78, 5) is 18.7. The van der Waals surface area contributed by atoms with Crippen LogP contribution in [0.2, 0.25) is 0 Å². The standard InChI is InChI=1S/C21H21FN2O4S2/c1-28-17-4-2-3-15(9-17)11-24-18-12-30(26,27)13-19(18)29-21(24)23-20(25)10-14-5-7-16(22)8-6-14/h2-9,18-19H,10-13H2,1H3/t18-,19+/m0/s1. The normalized spacial score (nSPS) is 23.5. The van der Waals surface area contributed by atoms with Crippen molar-refractivity contribution < 1.29 is 22.3 Å². The maximum absolute atomic E-state index is 13.1. The Morgan fingerprint density at radius 3 is 2.70 bits per heavy atom. The molecule has 2 aromatic carbocycles. The highest BCUT2D eigenvalue weighted by molar-refractivity contribution is 8.15. The molecule has 0 aromatic heterocycles. The van der Waals surface area contributed by atoms with E-state index in [9.17, 15) is 17.6 Å². The van der Waals surface area contributed by atoms with E-state index in [4.69, 9.17) is 4.74 Å². The van der Waals surface area contributed by atoms with Crippen molar-refractivity contribution in [2.24, 2.45) is 4.99 Å². The average Bonchev–Trinajstić information content (AvgIpc) is 3.16. The van der Waals surface area contributed by atoms with Crippen molar-refractivity contribution >= 4 is 32.7 Å². The Morgan fingerprint density at radius 2 is 1.97 bits per heavy atom.